The molecule has 0 spiro atoms. The Bertz CT molecular complexity index is 473. The highest BCUT2D eigenvalue weighted by molar-refractivity contribution is 9.10. The number of aryl methyl sites for hydroxylation is 1. The van der Waals surface area contributed by atoms with E-state index in [-0.39, 0.29) is 10.6 Å². The van der Waals surface area contributed by atoms with E-state index in [1.54, 1.807) is 19.1 Å². The number of hydrogen-bond acceptors (Lipinski definition) is 4. The van der Waals surface area contributed by atoms with Gasteiger partial charge in [0.1, 0.15) is 0 Å². The minimum atomic E-state index is -0.351. The van der Waals surface area contributed by atoms with Crippen LogP contribution in [0.2, 0.25) is 0 Å². The van der Waals surface area contributed by atoms with E-state index in [1.807, 2.05) is 0 Å². The van der Waals surface area contributed by atoms with Crippen molar-refractivity contribution >= 4 is 27.3 Å². The fourth-order valence-electron chi connectivity index (χ4n) is 2.22. The minimum absolute atomic E-state index is 0.144. The van der Waals surface area contributed by atoms with Gasteiger partial charge in [-0.15, -0.1) is 0 Å². The summed E-state index contributed by atoms with van der Waals surface area (Å²) < 4.78 is 6.28. The summed E-state index contributed by atoms with van der Waals surface area (Å²) in [6.07, 6.45) is 2.22. The van der Waals surface area contributed by atoms with E-state index in [9.17, 15) is 10.1 Å². The van der Waals surface area contributed by atoms with Gasteiger partial charge in [0, 0.05) is 29.3 Å². The Labute approximate surface area is 120 Å². The largest absolute Gasteiger partial charge is 0.384 e. The molecule has 19 heavy (non-hydrogen) atoms. The molecule has 1 unspecified atom stereocenters. The first kappa shape index (κ1) is 14.3. The van der Waals surface area contributed by atoms with Gasteiger partial charge in [-0.1, -0.05) is 0 Å². The molecule has 1 fully saturated rings. The monoisotopic (exact) mass is 328 g/mol. The van der Waals surface area contributed by atoms with Crippen molar-refractivity contribution in [2.45, 2.75) is 19.8 Å². The van der Waals surface area contributed by atoms with Crippen molar-refractivity contribution in [1.29, 1.82) is 0 Å². The second-order valence-electron chi connectivity index (χ2n) is 4.84. The molecule has 104 valence electrons. The molecule has 1 aromatic carbocycles. The molecule has 1 heterocycles. The smallest absolute Gasteiger partial charge is 0.274 e. The molecule has 0 amide bonds. The zero-order valence-corrected chi connectivity index (χ0v) is 12.4. The van der Waals surface area contributed by atoms with Crippen LogP contribution >= 0.6 is 15.9 Å². The third kappa shape index (κ3) is 3.67. The van der Waals surface area contributed by atoms with E-state index in [0.29, 0.717) is 11.5 Å². The molecule has 1 aliphatic heterocycles. The van der Waals surface area contributed by atoms with Crippen molar-refractivity contribution < 1.29 is 9.66 Å². The van der Waals surface area contributed by atoms with E-state index in [2.05, 4.69) is 21.2 Å². The number of nitro benzene ring substituents is 1. The van der Waals surface area contributed by atoms with Crippen molar-refractivity contribution in [3.8, 4) is 0 Å². The Morgan fingerprint density at radius 2 is 2.37 bits per heavy atom. The van der Waals surface area contributed by atoms with Crippen LogP contribution in [0.4, 0.5) is 11.4 Å². The van der Waals surface area contributed by atoms with Gasteiger partial charge in [-0.2, -0.15) is 0 Å². The Balaban J connectivity index is 2.06. The molecular weight excluding hydrogens is 312 g/mol. The van der Waals surface area contributed by atoms with Gasteiger partial charge in [-0.25, -0.2) is 0 Å². The Morgan fingerprint density at radius 3 is 3.00 bits per heavy atom. The molecule has 0 aromatic heterocycles. The summed E-state index contributed by atoms with van der Waals surface area (Å²) in [5.74, 6) is 0.473. The SMILES string of the molecule is Cc1cc(Br)c(NCC2CCCOC2)cc1[N+](=O)[O-]. The molecule has 1 aromatic rings. The van der Waals surface area contributed by atoms with Crippen molar-refractivity contribution in [2.24, 2.45) is 5.92 Å². The van der Waals surface area contributed by atoms with Crippen LogP contribution in [0.15, 0.2) is 16.6 Å². The summed E-state index contributed by atoms with van der Waals surface area (Å²) in [6, 6.07) is 3.36. The summed E-state index contributed by atoms with van der Waals surface area (Å²) in [6.45, 7) is 4.12. The summed E-state index contributed by atoms with van der Waals surface area (Å²) in [4.78, 5) is 10.6. The lowest BCUT2D eigenvalue weighted by Crippen LogP contribution is -2.24. The fraction of sp³-hybridized carbons (Fsp3) is 0.538. The molecule has 2 rings (SSSR count). The molecule has 1 N–H and O–H groups in total. The standard InChI is InChI=1S/C13H17BrN2O3/c1-9-5-11(14)12(6-13(9)16(17)18)15-7-10-3-2-4-19-8-10/h5-6,10,15H,2-4,7-8H2,1H3. The average Bonchev–Trinajstić information content (AvgIpc) is 2.38. The zero-order valence-electron chi connectivity index (χ0n) is 10.8. The second kappa shape index (κ2) is 6.34. The van der Waals surface area contributed by atoms with E-state index in [4.69, 9.17) is 4.74 Å². The highest BCUT2D eigenvalue weighted by Gasteiger charge is 2.17. The number of nitrogens with one attached hydrogen (secondary N) is 1. The average molecular weight is 329 g/mol. The topological polar surface area (TPSA) is 64.4 Å². The summed E-state index contributed by atoms with van der Waals surface area (Å²) in [7, 11) is 0. The van der Waals surface area contributed by atoms with Crippen LogP contribution in [0, 0.1) is 23.0 Å². The Hall–Kier alpha value is -1.14. The summed E-state index contributed by atoms with van der Waals surface area (Å²) >= 11 is 3.44. The van der Waals surface area contributed by atoms with Gasteiger partial charge in [0.05, 0.1) is 17.2 Å². The number of ether oxygens (including phenoxy) is 1. The number of rotatable bonds is 4. The van der Waals surface area contributed by atoms with E-state index in [1.165, 1.54) is 0 Å². The maximum absolute atomic E-state index is 10.9. The Morgan fingerprint density at radius 1 is 1.58 bits per heavy atom. The minimum Gasteiger partial charge on any atom is -0.384 e. The second-order valence-corrected chi connectivity index (χ2v) is 5.69. The Kier molecular flexibility index (Phi) is 4.76. The normalized spacial score (nSPS) is 19.2. The molecule has 1 atom stereocenters. The van der Waals surface area contributed by atoms with Crippen molar-refractivity contribution in [3.63, 3.8) is 0 Å². The third-order valence-electron chi connectivity index (χ3n) is 3.32. The highest BCUT2D eigenvalue weighted by atomic mass is 79.9. The molecule has 0 aliphatic carbocycles. The predicted octanol–water partition coefficient (Wildman–Crippen LogP) is 3.50. The van der Waals surface area contributed by atoms with Crippen molar-refractivity contribution in [2.75, 3.05) is 25.1 Å². The van der Waals surface area contributed by atoms with Crippen molar-refractivity contribution in [3.05, 3.63) is 32.3 Å². The molecule has 0 saturated carbocycles. The van der Waals surface area contributed by atoms with Gasteiger partial charge >= 0.3 is 0 Å². The lowest BCUT2D eigenvalue weighted by atomic mass is 10.0. The molecule has 1 saturated heterocycles. The van der Waals surface area contributed by atoms with Gasteiger partial charge < -0.3 is 10.1 Å². The highest BCUT2D eigenvalue weighted by Crippen LogP contribution is 2.31. The van der Waals surface area contributed by atoms with Gasteiger partial charge in [0.2, 0.25) is 0 Å². The first-order valence-electron chi connectivity index (χ1n) is 6.34. The van der Waals surface area contributed by atoms with Gasteiger partial charge in [0.25, 0.3) is 5.69 Å². The number of halogens is 1. The lowest BCUT2D eigenvalue weighted by molar-refractivity contribution is -0.385. The quantitative estimate of drug-likeness (QED) is 0.678. The number of benzene rings is 1. The first-order valence-corrected chi connectivity index (χ1v) is 7.13. The van der Waals surface area contributed by atoms with Crippen LogP contribution in [0.25, 0.3) is 0 Å². The lowest BCUT2D eigenvalue weighted by Gasteiger charge is -2.23. The van der Waals surface area contributed by atoms with Crippen LogP contribution in [-0.2, 0) is 4.74 Å². The maximum atomic E-state index is 10.9. The van der Waals surface area contributed by atoms with Crippen LogP contribution < -0.4 is 5.32 Å². The number of nitrogens with zero attached hydrogens (tertiary/aromatic N) is 1. The van der Waals surface area contributed by atoms with Gasteiger partial charge in [-0.3, -0.25) is 10.1 Å². The van der Waals surface area contributed by atoms with Gasteiger partial charge in [0.15, 0.2) is 0 Å². The molecular formula is C13H17BrN2O3. The molecule has 0 radical (unpaired) electrons. The van der Waals surface area contributed by atoms with E-state index in [0.717, 1.165) is 42.8 Å². The first-order chi connectivity index (χ1) is 9.08. The predicted molar refractivity (Wildman–Crippen MR) is 77.6 cm³/mol. The maximum Gasteiger partial charge on any atom is 0.274 e. The van der Waals surface area contributed by atoms with E-state index >= 15 is 0 Å². The van der Waals surface area contributed by atoms with E-state index < -0.39 is 0 Å². The summed E-state index contributed by atoms with van der Waals surface area (Å²) in [5, 5.41) is 14.2. The summed E-state index contributed by atoms with van der Waals surface area (Å²) in [5.41, 5.74) is 1.57. The number of anilines is 1. The van der Waals surface area contributed by atoms with Gasteiger partial charge in [-0.05, 0) is 47.7 Å². The number of nitro groups is 1. The third-order valence-corrected chi connectivity index (χ3v) is 3.97. The van der Waals surface area contributed by atoms with Crippen LogP contribution in [-0.4, -0.2) is 24.7 Å². The molecule has 0 bridgehead atoms. The number of hydrogen-bond donors (Lipinski definition) is 1. The molecule has 5 nitrogen and oxygen atoms in total. The van der Waals surface area contributed by atoms with Crippen LogP contribution in [0.5, 0.6) is 0 Å². The molecule has 1 aliphatic rings. The van der Waals surface area contributed by atoms with Crippen LogP contribution in [0.3, 0.4) is 0 Å². The zero-order chi connectivity index (χ0) is 13.8. The van der Waals surface area contributed by atoms with Crippen LogP contribution in [0.1, 0.15) is 18.4 Å². The van der Waals surface area contributed by atoms with Crippen molar-refractivity contribution in [1.82, 2.24) is 0 Å². The molecule has 6 heteroatoms. The fourth-order valence-corrected chi connectivity index (χ4v) is 2.81.